The van der Waals surface area contributed by atoms with E-state index in [2.05, 4.69) is 73.2 Å². The zero-order chi connectivity index (χ0) is 27.2. The van der Waals surface area contributed by atoms with Crippen LogP contribution in [-0.2, 0) is 0 Å². The number of rotatable bonds is 11. The van der Waals surface area contributed by atoms with Crippen molar-refractivity contribution in [3.05, 3.63) is 23.6 Å². The van der Waals surface area contributed by atoms with Crippen LogP contribution in [0.1, 0.15) is 148 Å². The average molecular weight is 488 g/mol. The second kappa shape index (κ2) is 36.4. The third-order valence-corrected chi connectivity index (χ3v) is 6.04. The molecule has 1 rings (SSSR count). The van der Waals surface area contributed by atoms with Gasteiger partial charge < -0.3 is 5.32 Å². The predicted molar refractivity (Wildman–Crippen MR) is 165 cm³/mol. The van der Waals surface area contributed by atoms with Crippen LogP contribution in [0.2, 0.25) is 0 Å². The van der Waals surface area contributed by atoms with E-state index in [0.29, 0.717) is 12.1 Å². The fraction of sp³-hybridized carbons (Fsp3) is 0.871. The molecule has 0 aromatic rings. The van der Waals surface area contributed by atoms with Gasteiger partial charge in [-0.15, -0.1) is 11.8 Å². The van der Waals surface area contributed by atoms with Crippen LogP contribution >= 0.6 is 11.8 Å². The topological polar surface area (TPSA) is 12.0 Å². The summed E-state index contributed by atoms with van der Waals surface area (Å²) < 4.78 is 0. The minimum absolute atomic E-state index is 0.477. The Morgan fingerprint density at radius 1 is 0.879 bits per heavy atom. The summed E-state index contributed by atoms with van der Waals surface area (Å²) in [5.74, 6) is 1.86. The Morgan fingerprint density at radius 2 is 1.36 bits per heavy atom. The number of unbranched alkanes of at least 4 members (excludes halogenated alkanes) is 1. The van der Waals surface area contributed by atoms with Crippen molar-refractivity contribution >= 4 is 11.8 Å². The summed E-state index contributed by atoms with van der Waals surface area (Å²) in [4.78, 5) is 1.24. The van der Waals surface area contributed by atoms with Gasteiger partial charge in [0.2, 0.25) is 0 Å². The lowest BCUT2D eigenvalue weighted by molar-refractivity contribution is 0.369. The summed E-state index contributed by atoms with van der Waals surface area (Å²) in [5, 5.41) is 3.46. The summed E-state index contributed by atoms with van der Waals surface area (Å²) in [6.07, 6.45) is 14.4. The molecule has 0 saturated heterocycles. The molecule has 2 atom stereocenters. The summed E-state index contributed by atoms with van der Waals surface area (Å²) in [6.45, 7) is 35.4. The van der Waals surface area contributed by atoms with Crippen molar-refractivity contribution in [2.75, 3.05) is 6.26 Å². The molecule has 1 N–H and O–H groups in total. The van der Waals surface area contributed by atoms with Crippen LogP contribution < -0.4 is 5.32 Å². The van der Waals surface area contributed by atoms with E-state index in [4.69, 9.17) is 0 Å². The normalized spacial score (nSPS) is 13.3. The first kappa shape index (κ1) is 42.9. The Labute approximate surface area is 218 Å². The molecule has 0 heterocycles. The van der Waals surface area contributed by atoms with E-state index >= 15 is 0 Å². The van der Waals surface area contributed by atoms with Crippen molar-refractivity contribution in [2.24, 2.45) is 11.8 Å². The molecule has 2 heteroatoms. The van der Waals surface area contributed by atoms with E-state index < -0.39 is 0 Å². The molecule has 1 saturated carbocycles. The van der Waals surface area contributed by atoms with E-state index in [-0.39, 0.29) is 0 Å². The molecule has 0 aromatic heterocycles. The van der Waals surface area contributed by atoms with Crippen LogP contribution in [0.5, 0.6) is 0 Å². The van der Waals surface area contributed by atoms with E-state index in [9.17, 15) is 0 Å². The molecule has 0 aromatic carbocycles. The predicted octanol–water partition coefficient (Wildman–Crippen LogP) is 11.7. The number of thioether (sulfide) groups is 1. The van der Waals surface area contributed by atoms with Crippen molar-refractivity contribution < 1.29 is 0 Å². The first-order chi connectivity index (χ1) is 15.7. The monoisotopic (exact) mass is 488 g/mol. The summed E-state index contributed by atoms with van der Waals surface area (Å²) in [5.41, 5.74) is 1.38. The smallest absolute Gasteiger partial charge is 0.0373 e. The van der Waals surface area contributed by atoms with Crippen LogP contribution in [0.4, 0.5) is 0 Å². The van der Waals surface area contributed by atoms with Crippen molar-refractivity contribution in [1.82, 2.24) is 5.32 Å². The molecule has 1 nitrogen and oxygen atoms in total. The Balaban J connectivity index is -0.000000108. The van der Waals surface area contributed by atoms with Crippen LogP contribution in [0.3, 0.4) is 0 Å². The standard InChI is InChI=1S/C9H19NS.C9H20.C7H12.3C2H6/c1-6-9(8(4)11-5)10-7(2)3;1-4-6-8-9(3)7-5-2;1-6(2)7-4-3-5-7;3*1-2/h7,9-10H,4,6H2,1-3,5H3;9H,4-8H2,1-3H3;7H,1,3-5H2,2H3;3*1-2H3. The van der Waals surface area contributed by atoms with E-state index in [1.165, 1.54) is 61.8 Å². The molecule has 33 heavy (non-hydrogen) atoms. The van der Waals surface area contributed by atoms with E-state index in [1.807, 2.05) is 41.5 Å². The fourth-order valence-corrected chi connectivity index (χ4v) is 3.59. The molecule has 0 radical (unpaired) electrons. The molecule has 204 valence electrons. The Hall–Kier alpha value is -0.210. The Kier molecular flexibility index (Phi) is 47.3. The quantitative estimate of drug-likeness (QED) is 0.291. The molecule has 1 aliphatic rings. The van der Waals surface area contributed by atoms with Gasteiger partial charge in [-0.05, 0) is 49.2 Å². The highest BCUT2D eigenvalue weighted by molar-refractivity contribution is 8.02. The second-order valence-corrected chi connectivity index (χ2v) is 9.40. The zero-order valence-electron chi connectivity index (χ0n) is 26.0. The number of hydrogen-bond acceptors (Lipinski definition) is 2. The molecular weight excluding hydrogens is 418 g/mol. The van der Waals surface area contributed by atoms with Gasteiger partial charge in [-0.25, -0.2) is 0 Å². The van der Waals surface area contributed by atoms with Gasteiger partial charge in [0.25, 0.3) is 0 Å². The van der Waals surface area contributed by atoms with Gasteiger partial charge in [-0.3, -0.25) is 0 Å². The minimum atomic E-state index is 0.477. The van der Waals surface area contributed by atoms with Gasteiger partial charge in [0.1, 0.15) is 0 Å². The highest BCUT2D eigenvalue weighted by Crippen LogP contribution is 2.31. The number of allylic oxidation sites excluding steroid dienone is 1. The minimum Gasteiger partial charge on any atom is -0.307 e. The van der Waals surface area contributed by atoms with Crippen molar-refractivity contribution in [3.8, 4) is 0 Å². The maximum atomic E-state index is 4.00. The Morgan fingerprint density at radius 3 is 1.58 bits per heavy atom. The van der Waals surface area contributed by atoms with Crippen LogP contribution in [0.15, 0.2) is 23.6 Å². The Bertz CT molecular complexity index is 358. The van der Waals surface area contributed by atoms with Gasteiger partial charge in [-0.2, -0.15) is 0 Å². The molecule has 1 aliphatic carbocycles. The van der Waals surface area contributed by atoms with E-state index in [1.54, 1.807) is 11.8 Å². The van der Waals surface area contributed by atoms with Crippen molar-refractivity contribution in [1.29, 1.82) is 0 Å². The third kappa shape index (κ3) is 34.0. The zero-order valence-corrected chi connectivity index (χ0v) is 26.8. The maximum Gasteiger partial charge on any atom is 0.0373 e. The highest BCUT2D eigenvalue weighted by atomic mass is 32.2. The maximum absolute atomic E-state index is 4.00. The first-order valence-corrected chi connectivity index (χ1v) is 15.6. The summed E-state index contributed by atoms with van der Waals surface area (Å²) in [7, 11) is 0. The third-order valence-electron chi connectivity index (χ3n) is 5.23. The lowest BCUT2D eigenvalue weighted by atomic mass is 9.81. The fourth-order valence-electron chi connectivity index (χ4n) is 3.07. The average Bonchev–Trinajstić information content (AvgIpc) is 2.79. The largest absolute Gasteiger partial charge is 0.307 e. The molecule has 0 bridgehead atoms. The summed E-state index contributed by atoms with van der Waals surface area (Å²) >= 11 is 1.74. The van der Waals surface area contributed by atoms with Gasteiger partial charge in [0.05, 0.1) is 0 Å². The van der Waals surface area contributed by atoms with Crippen LogP contribution in [-0.4, -0.2) is 18.3 Å². The van der Waals surface area contributed by atoms with Gasteiger partial charge in [0.15, 0.2) is 0 Å². The molecule has 1 fully saturated rings. The molecule has 0 aliphatic heterocycles. The van der Waals surface area contributed by atoms with Crippen molar-refractivity contribution in [3.63, 3.8) is 0 Å². The molecule has 2 unspecified atom stereocenters. The number of nitrogens with one attached hydrogen (secondary N) is 1. The highest BCUT2D eigenvalue weighted by Gasteiger charge is 2.16. The van der Waals surface area contributed by atoms with E-state index in [0.717, 1.165) is 18.3 Å². The lowest BCUT2D eigenvalue weighted by Crippen LogP contribution is -2.34. The van der Waals surface area contributed by atoms with Gasteiger partial charge in [0, 0.05) is 12.1 Å². The summed E-state index contributed by atoms with van der Waals surface area (Å²) in [6, 6.07) is 1.02. The van der Waals surface area contributed by atoms with Gasteiger partial charge >= 0.3 is 0 Å². The SMILES string of the molecule is C=C(C)C1CCC1.C=C(SC)C(CC)NC(C)C.CC.CC.CC.CCCCC(C)CCC. The molecular formula is C31H69NS. The van der Waals surface area contributed by atoms with Crippen LogP contribution in [0.25, 0.3) is 0 Å². The molecule has 0 amide bonds. The lowest BCUT2D eigenvalue weighted by Gasteiger charge is -2.25. The van der Waals surface area contributed by atoms with Crippen LogP contribution in [0, 0.1) is 11.8 Å². The van der Waals surface area contributed by atoms with Crippen molar-refractivity contribution in [2.45, 2.75) is 160 Å². The molecule has 0 spiro atoms. The van der Waals surface area contributed by atoms with Gasteiger partial charge in [-0.1, -0.05) is 140 Å². The second-order valence-electron chi connectivity index (χ2n) is 8.46. The first-order valence-electron chi connectivity index (χ1n) is 14.4. The number of hydrogen-bond donors (Lipinski definition) is 1.